The molecule has 0 aliphatic heterocycles. The molecule has 0 radical (unpaired) electrons. The first-order valence-corrected chi connectivity index (χ1v) is 6.13. The number of fused-ring (bicyclic) bond motifs is 1. The maximum absolute atomic E-state index is 12.9. The van der Waals surface area contributed by atoms with Gasteiger partial charge in [0.1, 0.15) is 22.6 Å². The fraction of sp³-hybridized carbons (Fsp3) is 0.154. The van der Waals surface area contributed by atoms with Crippen LogP contribution in [0, 0.1) is 12.7 Å². The number of hydrogen-bond acceptors (Lipinski definition) is 3. The minimum Gasteiger partial charge on any atom is -0.266 e. The van der Waals surface area contributed by atoms with Crippen LogP contribution in [0.25, 0.3) is 5.65 Å². The van der Waals surface area contributed by atoms with Crippen molar-refractivity contribution in [2.24, 2.45) is 0 Å². The molecule has 3 rings (SSSR count). The van der Waals surface area contributed by atoms with Crippen molar-refractivity contribution in [2.75, 3.05) is 0 Å². The Bertz CT molecular complexity index is 736. The summed E-state index contributed by atoms with van der Waals surface area (Å²) in [5.41, 5.74) is 1.62. The average Bonchev–Trinajstić information content (AvgIpc) is 2.75. The van der Waals surface area contributed by atoms with Crippen LogP contribution in [-0.2, 0) is 6.42 Å². The van der Waals surface area contributed by atoms with E-state index in [9.17, 15) is 4.39 Å². The summed E-state index contributed by atoms with van der Waals surface area (Å²) < 4.78 is 14.7. The molecule has 3 aromatic rings. The Hall–Kier alpha value is -2.01. The van der Waals surface area contributed by atoms with Gasteiger partial charge in [-0.05, 0) is 24.6 Å². The molecular formula is C13H10ClFN4. The summed E-state index contributed by atoms with van der Waals surface area (Å²) in [6.07, 6.45) is 0.561. The second kappa shape index (κ2) is 4.59. The average molecular weight is 277 g/mol. The van der Waals surface area contributed by atoms with Crippen molar-refractivity contribution in [2.45, 2.75) is 13.3 Å². The molecule has 0 bridgehead atoms. The lowest BCUT2D eigenvalue weighted by molar-refractivity contribution is 0.627. The Morgan fingerprint density at radius 2 is 1.95 bits per heavy atom. The Balaban J connectivity index is 2.04. The molecule has 6 heteroatoms. The molecule has 0 N–H and O–H groups in total. The number of halogens is 2. The monoisotopic (exact) mass is 276 g/mol. The van der Waals surface area contributed by atoms with Crippen molar-refractivity contribution in [3.8, 4) is 0 Å². The Labute approximate surface area is 113 Å². The summed E-state index contributed by atoms with van der Waals surface area (Å²) in [6, 6.07) is 7.99. The molecule has 1 aromatic carbocycles. The molecule has 0 aliphatic rings. The van der Waals surface area contributed by atoms with Crippen molar-refractivity contribution in [3.63, 3.8) is 0 Å². The first kappa shape index (κ1) is 12.0. The van der Waals surface area contributed by atoms with Gasteiger partial charge in [0.05, 0.1) is 0 Å². The summed E-state index contributed by atoms with van der Waals surface area (Å²) in [4.78, 5) is 4.18. The molecule has 0 saturated heterocycles. The van der Waals surface area contributed by atoms with E-state index >= 15 is 0 Å². The van der Waals surface area contributed by atoms with Gasteiger partial charge in [-0.2, -0.15) is 0 Å². The quantitative estimate of drug-likeness (QED) is 0.676. The molecule has 0 spiro atoms. The van der Waals surface area contributed by atoms with E-state index < -0.39 is 0 Å². The van der Waals surface area contributed by atoms with Crippen LogP contribution in [0.1, 0.15) is 17.2 Å². The van der Waals surface area contributed by atoms with Gasteiger partial charge in [-0.25, -0.2) is 9.37 Å². The second-order valence-electron chi connectivity index (χ2n) is 4.24. The van der Waals surface area contributed by atoms with Gasteiger partial charge in [-0.15, -0.1) is 10.2 Å². The zero-order valence-corrected chi connectivity index (χ0v) is 10.9. The Kier molecular flexibility index (Phi) is 2.91. The molecule has 4 nitrogen and oxygen atoms in total. The summed E-state index contributed by atoms with van der Waals surface area (Å²) in [7, 11) is 0. The van der Waals surface area contributed by atoms with Crippen LogP contribution in [0.15, 0.2) is 30.3 Å². The first-order valence-electron chi connectivity index (χ1n) is 5.75. The van der Waals surface area contributed by atoms with Crippen LogP contribution < -0.4 is 0 Å². The van der Waals surface area contributed by atoms with Crippen molar-refractivity contribution in [3.05, 3.63) is 58.5 Å². The van der Waals surface area contributed by atoms with Gasteiger partial charge in [0, 0.05) is 12.5 Å². The highest BCUT2D eigenvalue weighted by Gasteiger charge is 2.10. The normalized spacial score (nSPS) is 11.1. The molecule has 0 saturated carbocycles. The van der Waals surface area contributed by atoms with Crippen LogP contribution in [0.2, 0.25) is 5.15 Å². The number of rotatable bonds is 2. The minimum absolute atomic E-state index is 0.250. The van der Waals surface area contributed by atoms with Crippen LogP contribution in [0.3, 0.4) is 0 Å². The van der Waals surface area contributed by atoms with Gasteiger partial charge in [0.15, 0.2) is 5.65 Å². The predicted octanol–water partition coefficient (Wildman–Crippen LogP) is 2.82. The lowest BCUT2D eigenvalue weighted by atomic mass is 10.1. The third kappa shape index (κ3) is 2.29. The lowest BCUT2D eigenvalue weighted by Gasteiger charge is -2.03. The van der Waals surface area contributed by atoms with Crippen molar-refractivity contribution in [1.29, 1.82) is 0 Å². The fourth-order valence-corrected chi connectivity index (χ4v) is 2.24. The summed E-state index contributed by atoms with van der Waals surface area (Å²) in [6.45, 7) is 1.84. The summed E-state index contributed by atoms with van der Waals surface area (Å²) in [5.74, 6) is 1.23. The number of benzene rings is 1. The molecule has 19 heavy (non-hydrogen) atoms. The van der Waals surface area contributed by atoms with Gasteiger partial charge >= 0.3 is 0 Å². The van der Waals surface area contributed by atoms with Gasteiger partial charge in [0.2, 0.25) is 0 Å². The molecular weight excluding hydrogens is 267 g/mol. The number of aryl methyl sites for hydroxylation is 1. The van der Waals surface area contributed by atoms with Gasteiger partial charge in [0.25, 0.3) is 0 Å². The number of hydrogen-bond donors (Lipinski definition) is 0. The molecule has 0 unspecified atom stereocenters. The third-order valence-corrected chi connectivity index (χ3v) is 3.06. The number of aromatic nitrogens is 4. The van der Waals surface area contributed by atoms with Crippen LogP contribution in [0.5, 0.6) is 0 Å². The lowest BCUT2D eigenvalue weighted by Crippen LogP contribution is -2.02. The molecule has 0 atom stereocenters. The van der Waals surface area contributed by atoms with Crippen molar-refractivity contribution >= 4 is 17.2 Å². The molecule has 0 amide bonds. The topological polar surface area (TPSA) is 43.1 Å². The van der Waals surface area contributed by atoms with Crippen molar-refractivity contribution < 1.29 is 4.39 Å². The van der Waals surface area contributed by atoms with E-state index in [4.69, 9.17) is 11.6 Å². The van der Waals surface area contributed by atoms with Crippen molar-refractivity contribution in [1.82, 2.24) is 19.6 Å². The second-order valence-corrected chi connectivity index (χ2v) is 4.63. The van der Waals surface area contributed by atoms with E-state index in [-0.39, 0.29) is 5.82 Å². The Morgan fingerprint density at radius 3 is 2.68 bits per heavy atom. The van der Waals surface area contributed by atoms with Crippen LogP contribution in [-0.4, -0.2) is 19.6 Å². The standard InChI is InChI=1S/C13H10ClFN4/c1-8-16-11(14)7-13-18-17-12(19(8)13)6-9-2-4-10(15)5-3-9/h2-5,7H,6H2,1H3. The van der Waals surface area contributed by atoms with E-state index in [1.165, 1.54) is 12.1 Å². The van der Waals surface area contributed by atoms with Gasteiger partial charge < -0.3 is 0 Å². The van der Waals surface area contributed by atoms with Crippen LogP contribution >= 0.6 is 11.6 Å². The molecule has 96 valence electrons. The summed E-state index contributed by atoms with van der Waals surface area (Å²) >= 11 is 5.88. The summed E-state index contributed by atoms with van der Waals surface area (Å²) in [5, 5.41) is 8.60. The molecule has 2 heterocycles. The maximum atomic E-state index is 12.9. The molecule has 2 aromatic heterocycles. The highest BCUT2D eigenvalue weighted by molar-refractivity contribution is 6.29. The van der Waals surface area contributed by atoms with E-state index in [2.05, 4.69) is 15.2 Å². The highest BCUT2D eigenvalue weighted by atomic mass is 35.5. The SMILES string of the molecule is Cc1nc(Cl)cc2nnc(Cc3ccc(F)cc3)n12. The third-order valence-electron chi connectivity index (χ3n) is 2.87. The minimum atomic E-state index is -0.250. The zero-order valence-electron chi connectivity index (χ0n) is 10.1. The van der Waals surface area contributed by atoms with E-state index in [1.54, 1.807) is 18.2 Å². The first-order chi connectivity index (χ1) is 9.13. The zero-order chi connectivity index (χ0) is 13.4. The highest BCUT2D eigenvalue weighted by Crippen LogP contribution is 2.15. The van der Waals surface area contributed by atoms with E-state index in [0.29, 0.717) is 17.2 Å². The number of nitrogens with zero attached hydrogens (tertiary/aromatic N) is 4. The predicted molar refractivity (Wildman–Crippen MR) is 69.7 cm³/mol. The molecule has 0 aliphatic carbocycles. The fourth-order valence-electron chi connectivity index (χ4n) is 2.02. The smallest absolute Gasteiger partial charge is 0.165 e. The Morgan fingerprint density at radius 1 is 1.21 bits per heavy atom. The van der Waals surface area contributed by atoms with E-state index in [0.717, 1.165) is 17.2 Å². The largest absolute Gasteiger partial charge is 0.266 e. The van der Waals surface area contributed by atoms with Gasteiger partial charge in [-0.3, -0.25) is 4.40 Å². The van der Waals surface area contributed by atoms with E-state index in [1.807, 2.05) is 11.3 Å². The van der Waals surface area contributed by atoms with Gasteiger partial charge in [-0.1, -0.05) is 23.7 Å². The maximum Gasteiger partial charge on any atom is 0.165 e. The van der Waals surface area contributed by atoms with Crippen LogP contribution in [0.4, 0.5) is 4.39 Å². The molecule has 0 fully saturated rings.